The summed E-state index contributed by atoms with van der Waals surface area (Å²) in [5, 5.41) is 13.8. The van der Waals surface area contributed by atoms with Crippen molar-refractivity contribution in [2.45, 2.75) is 26.8 Å². The van der Waals surface area contributed by atoms with E-state index in [1.807, 2.05) is 49.8 Å². The lowest BCUT2D eigenvalue weighted by Crippen LogP contribution is -2.42. The van der Waals surface area contributed by atoms with Crippen LogP contribution in [0.25, 0.3) is 0 Å². The van der Waals surface area contributed by atoms with Crippen LogP contribution in [0.5, 0.6) is 5.75 Å². The second-order valence-electron chi connectivity index (χ2n) is 6.58. The summed E-state index contributed by atoms with van der Waals surface area (Å²) >= 11 is 0. The fourth-order valence-electron chi connectivity index (χ4n) is 3.37. The number of carbonyl (C=O) groups is 1. The largest absolute Gasteiger partial charge is 0.492 e. The molecule has 6 nitrogen and oxygen atoms in total. The molecule has 0 fully saturated rings. The van der Waals surface area contributed by atoms with Crippen molar-refractivity contribution in [2.75, 3.05) is 19.8 Å². The van der Waals surface area contributed by atoms with E-state index in [0.29, 0.717) is 26.1 Å². The lowest BCUT2D eigenvalue weighted by atomic mass is 9.95. The summed E-state index contributed by atoms with van der Waals surface area (Å²) in [6.45, 7) is 5.03. The average molecular weight is 343 g/mol. The molecule has 1 amide bonds. The minimum Gasteiger partial charge on any atom is -0.492 e. The molecule has 0 saturated carbocycles. The highest BCUT2D eigenvalue weighted by Crippen LogP contribution is 2.28. The van der Waals surface area contributed by atoms with Gasteiger partial charge in [-0.25, -0.2) is 0 Å². The number of carbonyl (C=O) groups excluding carboxylic acids is 1. The third-order valence-corrected chi connectivity index (χ3v) is 4.92. The number of fused-ring (bicyclic) bond motifs is 1. The van der Waals surface area contributed by atoms with Gasteiger partial charge in [0.15, 0.2) is 0 Å². The Kier molecular flexibility index (Phi) is 5.08. The fourth-order valence-corrected chi connectivity index (χ4v) is 3.37. The van der Waals surface area contributed by atoms with E-state index < -0.39 is 0 Å². The van der Waals surface area contributed by atoms with Crippen LogP contribution in [0.3, 0.4) is 0 Å². The quantitative estimate of drug-likeness (QED) is 0.896. The van der Waals surface area contributed by atoms with Gasteiger partial charge in [0, 0.05) is 31.4 Å². The van der Waals surface area contributed by atoms with Gasteiger partial charge < -0.3 is 14.7 Å². The molecule has 1 N–H and O–H groups in total. The smallest absolute Gasteiger partial charge is 0.229 e. The molecule has 6 heteroatoms. The molecule has 0 bridgehead atoms. The number of rotatable bonds is 5. The maximum atomic E-state index is 13.0. The van der Waals surface area contributed by atoms with E-state index in [-0.39, 0.29) is 18.4 Å². The van der Waals surface area contributed by atoms with E-state index >= 15 is 0 Å². The maximum Gasteiger partial charge on any atom is 0.229 e. The highest BCUT2D eigenvalue weighted by Gasteiger charge is 2.30. The molecule has 2 aromatic rings. The molecule has 134 valence electrons. The highest BCUT2D eigenvalue weighted by molar-refractivity contribution is 5.80. The summed E-state index contributed by atoms with van der Waals surface area (Å²) in [6.07, 6.45) is 0.669. The first-order valence-corrected chi connectivity index (χ1v) is 8.60. The number of nitrogens with zero attached hydrogens (tertiary/aromatic N) is 3. The van der Waals surface area contributed by atoms with Crippen molar-refractivity contribution in [3.8, 4) is 5.75 Å². The molecule has 1 atom stereocenters. The summed E-state index contributed by atoms with van der Waals surface area (Å²) in [4.78, 5) is 14.8. The van der Waals surface area contributed by atoms with Crippen LogP contribution in [0, 0.1) is 19.8 Å². The van der Waals surface area contributed by atoms with Gasteiger partial charge in [-0.2, -0.15) is 5.10 Å². The molecule has 1 aliphatic heterocycles. The lowest BCUT2D eigenvalue weighted by molar-refractivity contribution is -0.138. The number of aliphatic hydroxyl groups is 1. The lowest BCUT2D eigenvalue weighted by Gasteiger charge is -2.30. The summed E-state index contributed by atoms with van der Waals surface area (Å²) in [5.74, 6) is 0.657. The second-order valence-corrected chi connectivity index (χ2v) is 6.58. The van der Waals surface area contributed by atoms with Gasteiger partial charge in [0.2, 0.25) is 5.91 Å². The van der Waals surface area contributed by atoms with Crippen LogP contribution < -0.4 is 4.74 Å². The molecule has 0 spiro atoms. The number of amides is 1. The first kappa shape index (κ1) is 17.5. The van der Waals surface area contributed by atoms with Crippen molar-refractivity contribution in [1.29, 1.82) is 0 Å². The van der Waals surface area contributed by atoms with Crippen molar-refractivity contribution >= 4 is 5.91 Å². The van der Waals surface area contributed by atoms with Crippen LogP contribution in [0.2, 0.25) is 0 Å². The van der Waals surface area contributed by atoms with Gasteiger partial charge in [-0.15, -0.1) is 0 Å². The Bertz CT molecular complexity index is 769. The van der Waals surface area contributed by atoms with Crippen molar-refractivity contribution < 1.29 is 14.6 Å². The Labute approximate surface area is 148 Å². The molecule has 1 aliphatic rings. The van der Waals surface area contributed by atoms with Gasteiger partial charge in [0.1, 0.15) is 12.4 Å². The average Bonchev–Trinajstić information content (AvgIpc) is 2.86. The zero-order chi connectivity index (χ0) is 18.0. The topological polar surface area (TPSA) is 67.6 Å². The second kappa shape index (κ2) is 7.27. The normalized spacial score (nSPS) is 16.2. The van der Waals surface area contributed by atoms with Gasteiger partial charge in [0.25, 0.3) is 0 Å². The molecule has 0 radical (unpaired) electrons. The maximum absolute atomic E-state index is 13.0. The Balaban J connectivity index is 1.77. The van der Waals surface area contributed by atoms with Gasteiger partial charge in [-0.3, -0.25) is 9.48 Å². The third kappa shape index (κ3) is 3.54. The van der Waals surface area contributed by atoms with E-state index in [1.54, 1.807) is 4.90 Å². The molecule has 3 rings (SSSR count). The minimum absolute atomic E-state index is 0.0196. The van der Waals surface area contributed by atoms with E-state index in [2.05, 4.69) is 5.10 Å². The molecule has 25 heavy (non-hydrogen) atoms. The molecule has 0 unspecified atom stereocenters. The van der Waals surface area contributed by atoms with Crippen molar-refractivity contribution in [3.63, 3.8) is 0 Å². The minimum atomic E-state index is -0.223. The molecule has 2 heterocycles. The van der Waals surface area contributed by atoms with Crippen LogP contribution in [0.4, 0.5) is 0 Å². The molecule has 1 aromatic heterocycles. The Hall–Kier alpha value is -2.34. The van der Waals surface area contributed by atoms with Crippen molar-refractivity contribution in [3.05, 3.63) is 46.8 Å². The fraction of sp³-hybridized carbons (Fsp3) is 0.474. The zero-order valence-electron chi connectivity index (χ0n) is 15.0. The van der Waals surface area contributed by atoms with Crippen molar-refractivity contribution in [1.82, 2.24) is 14.7 Å². The summed E-state index contributed by atoms with van der Waals surface area (Å²) in [7, 11) is 1.90. The van der Waals surface area contributed by atoms with Crippen molar-refractivity contribution in [2.24, 2.45) is 13.0 Å². The number of ether oxygens (including phenoxy) is 1. The number of benzene rings is 1. The SMILES string of the molecule is Cc1nn(C)c(C)c1CN(CCO)C(=O)[C@H]1COc2ccccc2C1. The standard InChI is InChI=1S/C19H25N3O3/c1-13-17(14(2)21(3)20-13)11-22(8-9-23)19(24)16-10-15-6-4-5-7-18(15)25-12-16/h4-7,16,23H,8-12H2,1-3H3/t16-/m1/s1. The molecule has 0 saturated heterocycles. The van der Waals surface area contributed by atoms with E-state index in [4.69, 9.17) is 4.74 Å². The van der Waals surface area contributed by atoms with Crippen LogP contribution in [0.1, 0.15) is 22.5 Å². The number of hydrogen-bond acceptors (Lipinski definition) is 4. The van der Waals surface area contributed by atoms with E-state index in [1.165, 1.54) is 0 Å². The molecule has 0 aliphatic carbocycles. The predicted molar refractivity (Wildman–Crippen MR) is 94.3 cm³/mol. The summed E-state index contributed by atoms with van der Waals surface area (Å²) in [6, 6.07) is 7.83. The van der Waals surface area contributed by atoms with Crippen LogP contribution >= 0.6 is 0 Å². The summed E-state index contributed by atoms with van der Waals surface area (Å²) in [5.41, 5.74) is 4.06. The third-order valence-electron chi connectivity index (χ3n) is 4.92. The Morgan fingerprint density at radius 2 is 2.16 bits per heavy atom. The van der Waals surface area contributed by atoms with Gasteiger partial charge >= 0.3 is 0 Å². The number of aliphatic hydroxyl groups excluding tert-OH is 1. The first-order chi connectivity index (χ1) is 12.0. The molecular formula is C19H25N3O3. The number of aryl methyl sites for hydroxylation is 2. The molecular weight excluding hydrogens is 318 g/mol. The van der Waals surface area contributed by atoms with E-state index in [9.17, 15) is 9.90 Å². The predicted octanol–water partition coefficient (Wildman–Crippen LogP) is 1.61. The van der Waals surface area contributed by atoms with Crippen LogP contribution in [-0.2, 0) is 24.8 Å². The highest BCUT2D eigenvalue weighted by atomic mass is 16.5. The number of para-hydroxylation sites is 1. The van der Waals surface area contributed by atoms with Gasteiger partial charge in [-0.05, 0) is 31.9 Å². The van der Waals surface area contributed by atoms with Gasteiger partial charge in [0.05, 0.1) is 18.2 Å². The first-order valence-electron chi connectivity index (χ1n) is 8.60. The monoisotopic (exact) mass is 343 g/mol. The summed E-state index contributed by atoms with van der Waals surface area (Å²) < 4.78 is 7.59. The van der Waals surface area contributed by atoms with Gasteiger partial charge in [-0.1, -0.05) is 18.2 Å². The number of aromatic nitrogens is 2. The van der Waals surface area contributed by atoms with E-state index in [0.717, 1.165) is 28.3 Å². The Morgan fingerprint density at radius 3 is 2.84 bits per heavy atom. The zero-order valence-corrected chi connectivity index (χ0v) is 15.0. The van der Waals surface area contributed by atoms with Crippen LogP contribution in [0.15, 0.2) is 24.3 Å². The van der Waals surface area contributed by atoms with Crippen LogP contribution in [-0.4, -0.2) is 45.5 Å². The molecule has 1 aromatic carbocycles. The number of hydrogen-bond donors (Lipinski definition) is 1. The Morgan fingerprint density at radius 1 is 1.40 bits per heavy atom.